The van der Waals surface area contributed by atoms with Crippen molar-refractivity contribution in [2.75, 3.05) is 26.9 Å². The predicted octanol–water partition coefficient (Wildman–Crippen LogP) is 3.40. The van der Waals surface area contributed by atoms with Gasteiger partial charge < -0.3 is 14.4 Å². The van der Waals surface area contributed by atoms with Gasteiger partial charge in [0.15, 0.2) is 0 Å². The van der Waals surface area contributed by atoms with Crippen LogP contribution in [0.4, 0.5) is 0 Å². The first-order chi connectivity index (χ1) is 12.7. The Balaban J connectivity index is 1.75. The van der Waals surface area contributed by atoms with Crippen LogP contribution in [-0.2, 0) is 15.9 Å². The topological polar surface area (TPSA) is 55.8 Å². The smallest absolute Gasteiger partial charge is 0.337 e. The van der Waals surface area contributed by atoms with Gasteiger partial charge in [-0.1, -0.05) is 6.07 Å². The van der Waals surface area contributed by atoms with Crippen molar-refractivity contribution in [3.05, 3.63) is 57.8 Å². The van der Waals surface area contributed by atoms with Gasteiger partial charge in [-0.05, 0) is 55.0 Å². The summed E-state index contributed by atoms with van der Waals surface area (Å²) in [6.07, 6.45) is 2.56. The fourth-order valence-electron chi connectivity index (χ4n) is 3.16. The highest BCUT2D eigenvalue weighted by molar-refractivity contribution is 7.09. The van der Waals surface area contributed by atoms with Crippen molar-refractivity contribution in [1.29, 1.82) is 0 Å². The fourth-order valence-corrected chi connectivity index (χ4v) is 3.86. The van der Waals surface area contributed by atoms with Crippen molar-refractivity contribution in [3.63, 3.8) is 0 Å². The quantitative estimate of drug-likeness (QED) is 0.728. The van der Waals surface area contributed by atoms with Crippen LogP contribution in [0.5, 0.6) is 0 Å². The van der Waals surface area contributed by atoms with E-state index in [1.165, 1.54) is 12.0 Å². The fraction of sp³-hybridized carbons (Fsp3) is 0.400. The third-order valence-electron chi connectivity index (χ3n) is 4.62. The summed E-state index contributed by atoms with van der Waals surface area (Å²) in [4.78, 5) is 27.9. The molecule has 0 radical (unpaired) electrons. The molecule has 0 saturated carbocycles. The lowest BCUT2D eigenvalue weighted by Crippen LogP contribution is -2.44. The van der Waals surface area contributed by atoms with E-state index in [1.807, 2.05) is 11.0 Å². The maximum Gasteiger partial charge on any atom is 0.337 e. The molecule has 0 atom stereocenters. The van der Waals surface area contributed by atoms with E-state index in [0.29, 0.717) is 30.9 Å². The van der Waals surface area contributed by atoms with Crippen molar-refractivity contribution < 1.29 is 19.1 Å². The number of hydrogen-bond donors (Lipinski definition) is 0. The van der Waals surface area contributed by atoms with Crippen LogP contribution in [-0.4, -0.2) is 49.7 Å². The Hall–Kier alpha value is -2.18. The summed E-state index contributed by atoms with van der Waals surface area (Å²) in [6, 6.07) is 11.0. The van der Waals surface area contributed by atoms with Crippen LogP contribution in [0.25, 0.3) is 0 Å². The van der Waals surface area contributed by atoms with Crippen LogP contribution in [0.3, 0.4) is 0 Å². The molecule has 138 valence electrons. The van der Waals surface area contributed by atoms with E-state index in [-0.39, 0.29) is 11.9 Å². The summed E-state index contributed by atoms with van der Waals surface area (Å²) in [6.45, 7) is 2.06. The zero-order valence-corrected chi connectivity index (χ0v) is 15.7. The van der Waals surface area contributed by atoms with Crippen LogP contribution in [0, 0.1) is 0 Å². The standard InChI is InChI=1S/C20H23NO4S/c1-24-20(23)16-6-4-15(5-7-16)19(22)21(17-9-12-25-13-10-17)11-8-18-3-2-14-26-18/h2-7,14,17H,8-13H2,1H3. The molecule has 0 aliphatic carbocycles. The maximum atomic E-state index is 13.1. The molecule has 0 unspecified atom stereocenters. The van der Waals surface area contributed by atoms with E-state index in [2.05, 4.69) is 11.4 Å². The van der Waals surface area contributed by atoms with Gasteiger partial charge in [0, 0.05) is 36.2 Å². The molecule has 6 heteroatoms. The molecular formula is C20H23NO4S. The van der Waals surface area contributed by atoms with E-state index in [1.54, 1.807) is 35.6 Å². The number of nitrogens with zero attached hydrogens (tertiary/aromatic N) is 1. The first-order valence-corrected chi connectivity index (χ1v) is 9.66. The lowest BCUT2D eigenvalue weighted by molar-refractivity contribution is 0.0293. The van der Waals surface area contributed by atoms with Crippen molar-refractivity contribution in [3.8, 4) is 0 Å². The molecule has 1 aliphatic heterocycles. The second-order valence-corrected chi connectivity index (χ2v) is 7.27. The third-order valence-corrected chi connectivity index (χ3v) is 5.56. The molecule has 1 saturated heterocycles. The highest BCUT2D eigenvalue weighted by Gasteiger charge is 2.26. The number of methoxy groups -OCH3 is 1. The first-order valence-electron chi connectivity index (χ1n) is 8.78. The van der Waals surface area contributed by atoms with Gasteiger partial charge in [0.1, 0.15) is 0 Å². The van der Waals surface area contributed by atoms with Crippen molar-refractivity contribution in [1.82, 2.24) is 4.90 Å². The number of ether oxygens (including phenoxy) is 2. The Morgan fingerprint density at radius 2 is 1.85 bits per heavy atom. The summed E-state index contributed by atoms with van der Waals surface area (Å²) in [5, 5.41) is 2.06. The lowest BCUT2D eigenvalue weighted by atomic mass is 10.0. The predicted molar refractivity (Wildman–Crippen MR) is 101 cm³/mol. The Morgan fingerprint density at radius 1 is 1.15 bits per heavy atom. The Morgan fingerprint density at radius 3 is 2.46 bits per heavy atom. The maximum absolute atomic E-state index is 13.1. The number of carbonyl (C=O) groups excluding carboxylic acids is 2. The van der Waals surface area contributed by atoms with Gasteiger partial charge in [0.05, 0.1) is 12.7 Å². The number of amides is 1. The van der Waals surface area contributed by atoms with Crippen molar-refractivity contribution in [2.24, 2.45) is 0 Å². The number of hydrogen-bond acceptors (Lipinski definition) is 5. The zero-order valence-electron chi connectivity index (χ0n) is 14.8. The molecule has 5 nitrogen and oxygen atoms in total. The van der Waals surface area contributed by atoms with Crippen molar-refractivity contribution >= 4 is 23.2 Å². The third kappa shape index (κ3) is 4.51. The number of thiophene rings is 1. The summed E-state index contributed by atoms with van der Waals surface area (Å²) in [5.41, 5.74) is 1.04. The van der Waals surface area contributed by atoms with E-state index in [0.717, 1.165) is 19.3 Å². The van der Waals surface area contributed by atoms with Crippen LogP contribution in [0.2, 0.25) is 0 Å². The van der Waals surface area contributed by atoms with Gasteiger partial charge in [-0.25, -0.2) is 4.79 Å². The van der Waals surface area contributed by atoms with Crippen molar-refractivity contribution in [2.45, 2.75) is 25.3 Å². The number of rotatable bonds is 6. The summed E-state index contributed by atoms with van der Waals surface area (Å²) >= 11 is 1.71. The first kappa shape index (κ1) is 18.6. The molecule has 26 heavy (non-hydrogen) atoms. The summed E-state index contributed by atoms with van der Waals surface area (Å²) in [5.74, 6) is -0.396. The number of esters is 1. The van der Waals surface area contributed by atoms with Crippen LogP contribution in [0.1, 0.15) is 38.4 Å². The Bertz CT molecular complexity index is 721. The molecule has 1 aromatic heterocycles. The second-order valence-electron chi connectivity index (χ2n) is 6.24. The molecule has 0 spiro atoms. The van der Waals surface area contributed by atoms with Gasteiger partial charge >= 0.3 is 5.97 Å². The average Bonchev–Trinajstić information content (AvgIpc) is 3.22. The van der Waals surface area contributed by atoms with E-state index in [9.17, 15) is 9.59 Å². The van der Waals surface area contributed by atoms with Crippen LogP contribution < -0.4 is 0 Å². The SMILES string of the molecule is COC(=O)c1ccc(C(=O)N(CCc2cccs2)C2CCOCC2)cc1. The van der Waals surface area contributed by atoms with Crippen LogP contribution >= 0.6 is 11.3 Å². The largest absolute Gasteiger partial charge is 0.465 e. The molecule has 2 aromatic rings. The van der Waals surface area contributed by atoms with Gasteiger partial charge in [-0.3, -0.25) is 4.79 Å². The summed E-state index contributed by atoms with van der Waals surface area (Å²) in [7, 11) is 1.35. The van der Waals surface area contributed by atoms with Gasteiger partial charge in [-0.15, -0.1) is 11.3 Å². The highest BCUT2D eigenvalue weighted by Crippen LogP contribution is 2.20. The summed E-state index contributed by atoms with van der Waals surface area (Å²) < 4.78 is 10.2. The Kier molecular flexibility index (Phi) is 6.41. The monoisotopic (exact) mass is 373 g/mol. The minimum atomic E-state index is -0.400. The number of benzene rings is 1. The lowest BCUT2D eigenvalue weighted by Gasteiger charge is -2.34. The molecule has 1 fully saturated rings. The molecule has 1 amide bonds. The molecule has 1 aliphatic rings. The number of carbonyl (C=O) groups is 2. The normalized spacial score (nSPS) is 14.8. The molecular weight excluding hydrogens is 350 g/mol. The average molecular weight is 373 g/mol. The highest BCUT2D eigenvalue weighted by atomic mass is 32.1. The van der Waals surface area contributed by atoms with E-state index >= 15 is 0 Å². The van der Waals surface area contributed by atoms with E-state index in [4.69, 9.17) is 9.47 Å². The van der Waals surface area contributed by atoms with E-state index < -0.39 is 5.97 Å². The molecule has 0 N–H and O–H groups in total. The molecule has 3 rings (SSSR count). The molecule has 0 bridgehead atoms. The Labute approximate surface area is 157 Å². The van der Waals surface area contributed by atoms with Gasteiger partial charge in [-0.2, -0.15) is 0 Å². The second kappa shape index (κ2) is 8.96. The molecule has 1 aromatic carbocycles. The zero-order chi connectivity index (χ0) is 18.4. The minimum Gasteiger partial charge on any atom is -0.465 e. The van der Waals surface area contributed by atoms with Gasteiger partial charge in [0.25, 0.3) is 5.91 Å². The molecule has 2 heterocycles. The minimum absolute atomic E-state index is 0.00451. The van der Waals surface area contributed by atoms with Crippen LogP contribution in [0.15, 0.2) is 41.8 Å². The van der Waals surface area contributed by atoms with Gasteiger partial charge in [0.2, 0.25) is 0 Å².